The summed E-state index contributed by atoms with van der Waals surface area (Å²) in [7, 11) is -3.34. The van der Waals surface area contributed by atoms with E-state index in [0.717, 1.165) is 24.3 Å². The van der Waals surface area contributed by atoms with Gasteiger partial charge in [0.25, 0.3) is 0 Å². The van der Waals surface area contributed by atoms with Crippen LogP contribution in [0.2, 0.25) is 0 Å². The Balaban J connectivity index is 1.90. The maximum atomic E-state index is 12.2. The molecule has 4 nitrogen and oxygen atoms in total. The Labute approximate surface area is 126 Å². The molecule has 6 heteroatoms. The van der Waals surface area contributed by atoms with Gasteiger partial charge < -0.3 is 5.32 Å². The fourth-order valence-corrected chi connectivity index (χ4v) is 4.47. The number of thiophene rings is 1. The van der Waals surface area contributed by atoms with E-state index in [1.54, 1.807) is 6.07 Å². The standard InChI is InChI=1S/C14H24N2O2S2/c1-3-11(4-2)9-16-20(17,18)14-8-7-13(19-14)10-15-12-5-6-12/h7-8,11-12,15-16H,3-6,9-10H2,1-2H3. The van der Waals surface area contributed by atoms with Crippen LogP contribution in [0.3, 0.4) is 0 Å². The molecule has 0 atom stereocenters. The summed E-state index contributed by atoms with van der Waals surface area (Å²) in [6, 6.07) is 4.26. The molecule has 1 aromatic heterocycles. The Morgan fingerprint density at radius 2 is 2.00 bits per heavy atom. The average Bonchev–Trinajstić information content (AvgIpc) is 3.13. The van der Waals surface area contributed by atoms with E-state index < -0.39 is 10.0 Å². The molecule has 1 fully saturated rings. The molecule has 0 spiro atoms. The first-order chi connectivity index (χ1) is 9.55. The van der Waals surface area contributed by atoms with Gasteiger partial charge in [0.15, 0.2) is 0 Å². The van der Waals surface area contributed by atoms with Crippen LogP contribution in [0.5, 0.6) is 0 Å². The molecule has 0 bridgehead atoms. The Kier molecular flexibility index (Phi) is 5.60. The largest absolute Gasteiger partial charge is 0.309 e. The van der Waals surface area contributed by atoms with E-state index in [2.05, 4.69) is 23.9 Å². The third kappa shape index (κ3) is 4.55. The zero-order valence-corrected chi connectivity index (χ0v) is 13.8. The first kappa shape index (κ1) is 15.9. The first-order valence-corrected chi connectivity index (χ1v) is 9.66. The highest BCUT2D eigenvalue weighted by Gasteiger charge is 2.21. The molecule has 0 saturated heterocycles. The molecule has 1 aliphatic rings. The van der Waals surface area contributed by atoms with Crippen molar-refractivity contribution < 1.29 is 8.42 Å². The van der Waals surface area contributed by atoms with Crippen molar-refractivity contribution >= 4 is 21.4 Å². The number of sulfonamides is 1. The molecule has 20 heavy (non-hydrogen) atoms. The Morgan fingerprint density at radius 1 is 1.30 bits per heavy atom. The van der Waals surface area contributed by atoms with Gasteiger partial charge in [-0.05, 0) is 30.9 Å². The molecule has 2 rings (SSSR count). The summed E-state index contributed by atoms with van der Waals surface area (Å²) in [4.78, 5) is 1.08. The Bertz CT molecular complexity index is 517. The van der Waals surface area contributed by atoms with Gasteiger partial charge in [0.1, 0.15) is 4.21 Å². The number of rotatable bonds is 9. The van der Waals surface area contributed by atoms with Crippen molar-refractivity contribution in [2.24, 2.45) is 5.92 Å². The van der Waals surface area contributed by atoms with Gasteiger partial charge in [0.2, 0.25) is 10.0 Å². The van der Waals surface area contributed by atoms with Crippen molar-refractivity contribution in [2.75, 3.05) is 6.54 Å². The number of hydrogen-bond donors (Lipinski definition) is 2. The predicted molar refractivity (Wildman–Crippen MR) is 83.4 cm³/mol. The van der Waals surface area contributed by atoms with Crippen molar-refractivity contribution in [3.05, 3.63) is 17.0 Å². The molecule has 2 N–H and O–H groups in total. The molecule has 0 unspecified atom stereocenters. The van der Waals surface area contributed by atoms with Crippen molar-refractivity contribution in [3.8, 4) is 0 Å². The van der Waals surface area contributed by atoms with E-state index in [-0.39, 0.29) is 0 Å². The number of hydrogen-bond acceptors (Lipinski definition) is 4. The lowest BCUT2D eigenvalue weighted by atomic mass is 10.0. The third-order valence-electron chi connectivity index (χ3n) is 3.76. The van der Waals surface area contributed by atoms with Crippen molar-refractivity contribution in [1.82, 2.24) is 10.0 Å². The summed E-state index contributed by atoms with van der Waals surface area (Å²) >= 11 is 1.36. The van der Waals surface area contributed by atoms with Gasteiger partial charge in [0.05, 0.1) is 0 Å². The summed E-state index contributed by atoms with van der Waals surface area (Å²) in [5.74, 6) is 0.417. The van der Waals surface area contributed by atoms with E-state index >= 15 is 0 Å². The highest BCUT2D eigenvalue weighted by molar-refractivity contribution is 7.91. The van der Waals surface area contributed by atoms with Crippen molar-refractivity contribution in [1.29, 1.82) is 0 Å². The van der Waals surface area contributed by atoms with Crippen LogP contribution in [0.25, 0.3) is 0 Å². The highest BCUT2D eigenvalue weighted by Crippen LogP contribution is 2.24. The maximum absolute atomic E-state index is 12.2. The topological polar surface area (TPSA) is 58.2 Å². The van der Waals surface area contributed by atoms with Crippen LogP contribution in [0, 0.1) is 5.92 Å². The fourth-order valence-electron chi connectivity index (χ4n) is 2.01. The molecule has 1 aromatic rings. The van der Waals surface area contributed by atoms with Gasteiger partial charge in [-0.1, -0.05) is 26.7 Å². The van der Waals surface area contributed by atoms with Crippen LogP contribution in [0.1, 0.15) is 44.4 Å². The molecule has 1 aliphatic carbocycles. The zero-order chi connectivity index (χ0) is 14.6. The second-order valence-corrected chi connectivity index (χ2v) is 8.57. The van der Waals surface area contributed by atoms with E-state index in [1.165, 1.54) is 24.2 Å². The molecule has 1 saturated carbocycles. The van der Waals surface area contributed by atoms with Crippen LogP contribution < -0.4 is 10.0 Å². The molecular formula is C14H24N2O2S2. The van der Waals surface area contributed by atoms with Gasteiger partial charge in [-0.2, -0.15) is 0 Å². The lowest BCUT2D eigenvalue weighted by Crippen LogP contribution is -2.28. The second kappa shape index (κ2) is 7.02. The quantitative estimate of drug-likeness (QED) is 0.736. The lowest BCUT2D eigenvalue weighted by molar-refractivity contribution is 0.479. The fraction of sp³-hybridized carbons (Fsp3) is 0.714. The first-order valence-electron chi connectivity index (χ1n) is 7.37. The highest BCUT2D eigenvalue weighted by atomic mass is 32.2. The smallest absolute Gasteiger partial charge is 0.250 e. The summed E-state index contributed by atoms with van der Waals surface area (Å²) in [6.45, 7) is 5.49. The van der Waals surface area contributed by atoms with E-state index in [1.807, 2.05) is 6.07 Å². The molecule has 0 aromatic carbocycles. The Morgan fingerprint density at radius 3 is 2.60 bits per heavy atom. The van der Waals surface area contributed by atoms with Crippen LogP contribution in [0.15, 0.2) is 16.3 Å². The van der Waals surface area contributed by atoms with Gasteiger partial charge >= 0.3 is 0 Å². The van der Waals surface area contributed by atoms with Crippen molar-refractivity contribution in [3.63, 3.8) is 0 Å². The molecule has 0 radical (unpaired) electrons. The van der Waals surface area contributed by atoms with Crippen LogP contribution >= 0.6 is 11.3 Å². The van der Waals surface area contributed by atoms with Gasteiger partial charge in [-0.3, -0.25) is 0 Å². The van der Waals surface area contributed by atoms with Crippen molar-refractivity contribution in [2.45, 2.75) is 56.3 Å². The minimum Gasteiger partial charge on any atom is -0.309 e. The number of nitrogens with one attached hydrogen (secondary N) is 2. The second-order valence-electron chi connectivity index (χ2n) is 5.41. The summed E-state index contributed by atoms with van der Waals surface area (Å²) < 4.78 is 27.6. The SMILES string of the molecule is CCC(CC)CNS(=O)(=O)c1ccc(CNC2CC2)s1. The average molecular weight is 316 g/mol. The monoisotopic (exact) mass is 316 g/mol. The van der Waals surface area contributed by atoms with Gasteiger partial charge in [0, 0.05) is 24.0 Å². The molecule has 1 heterocycles. The minimum absolute atomic E-state index is 0.417. The molecule has 114 valence electrons. The minimum atomic E-state index is -3.34. The third-order valence-corrected chi connectivity index (χ3v) is 6.76. The Hall–Kier alpha value is -0.430. The van der Waals surface area contributed by atoms with Gasteiger partial charge in [-0.15, -0.1) is 11.3 Å². The van der Waals surface area contributed by atoms with E-state index in [4.69, 9.17) is 0 Å². The lowest BCUT2D eigenvalue weighted by Gasteiger charge is -2.12. The van der Waals surface area contributed by atoms with E-state index in [9.17, 15) is 8.42 Å². The summed E-state index contributed by atoms with van der Waals surface area (Å²) in [5, 5.41) is 3.40. The van der Waals surface area contributed by atoms with Crippen LogP contribution in [-0.2, 0) is 16.6 Å². The zero-order valence-electron chi connectivity index (χ0n) is 12.2. The van der Waals surface area contributed by atoms with Gasteiger partial charge in [-0.25, -0.2) is 13.1 Å². The summed E-state index contributed by atoms with van der Waals surface area (Å²) in [5.41, 5.74) is 0. The van der Waals surface area contributed by atoms with Crippen LogP contribution in [-0.4, -0.2) is 21.0 Å². The van der Waals surface area contributed by atoms with Crippen LogP contribution in [0.4, 0.5) is 0 Å². The van der Waals surface area contributed by atoms with E-state index in [0.29, 0.717) is 22.7 Å². The normalized spacial score (nSPS) is 15.9. The predicted octanol–water partition coefficient (Wildman–Crippen LogP) is 2.71. The summed E-state index contributed by atoms with van der Waals surface area (Å²) in [6.07, 6.45) is 4.49. The molecule has 0 amide bonds. The molecule has 0 aliphatic heterocycles. The maximum Gasteiger partial charge on any atom is 0.250 e. The molecular weight excluding hydrogens is 292 g/mol.